The van der Waals surface area contributed by atoms with Gasteiger partial charge in [-0.3, -0.25) is 4.98 Å². The molecule has 6 heteroatoms. The average molecular weight is 334 g/mol. The smallest absolute Gasteiger partial charge is 0.244 e. The highest BCUT2D eigenvalue weighted by atomic mass is 32.2. The van der Waals surface area contributed by atoms with Crippen molar-refractivity contribution in [3.05, 3.63) is 53.3 Å². The van der Waals surface area contributed by atoms with Crippen molar-refractivity contribution in [3.8, 4) is 5.75 Å². The Bertz CT molecular complexity index is 759. The molecule has 0 fully saturated rings. The topological polar surface area (TPSA) is 68.3 Å². The van der Waals surface area contributed by atoms with Crippen LogP contribution in [0, 0.1) is 13.8 Å². The first-order chi connectivity index (χ1) is 10.9. The van der Waals surface area contributed by atoms with E-state index in [2.05, 4.69) is 9.71 Å². The van der Waals surface area contributed by atoms with Crippen LogP contribution in [0.1, 0.15) is 23.1 Å². The van der Waals surface area contributed by atoms with E-state index in [9.17, 15) is 8.42 Å². The van der Waals surface area contributed by atoms with Gasteiger partial charge in [0.1, 0.15) is 10.6 Å². The maximum Gasteiger partial charge on any atom is 0.244 e. The van der Waals surface area contributed by atoms with E-state index in [1.165, 1.54) is 7.11 Å². The molecule has 1 aromatic heterocycles. The summed E-state index contributed by atoms with van der Waals surface area (Å²) in [6.45, 7) is 4.18. The molecule has 0 radical (unpaired) electrons. The van der Waals surface area contributed by atoms with Gasteiger partial charge < -0.3 is 4.74 Å². The second-order valence-electron chi connectivity index (χ2n) is 5.45. The highest BCUT2D eigenvalue weighted by Gasteiger charge is 2.20. The Balaban J connectivity index is 2.03. The van der Waals surface area contributed by atoms with Crippen molar-refractivity contribution in [1.29, 1.82) is 0 Å². The van der Waals surface area contributed by atoms with Crippen LogP contribution >= 0.6 is 0 Å². The minimum absolute atomic E-state index is 0.185. The lowest BCUT2D eigenvalue weighted by Gasteiger charge is -2.13. The molecule has 1 aromatic carbocycles. The zero-order valence-corrected chi connectivity index (χ0v) is 14.5. The Morgan fingerprint density at radius 3 is 2.61 bits per heavy atom. The predicted octanol–water partition coefficient (Wildman–Crippen LogP) is 2.62. The highest BCUT2D eigenvalue weighted by Crippen LogP contribution is 2.27. The third-order valence-corrected chi connectivity index (χ3v) is 5.21. The molecule has 0 saturated heterocycles. The molecule has 0 amide bonds. The lowest BCUT2D eigenvalue weighted by atomic mass is 10.1. The van der Waals surface area contributed by atoms with Crippen LogP contribution < -0.4 is 9.46 Å². The molecule has 1 heterocycles. The normalized spacial score (nSPS) is 11.4. The summed E-state index contributed by atoms with van der Waals surface area (Å²) in [5, 5.41) is 0. The minimum Gasteiger partial charge on any atom is -0.495 e. The Morgan fingerprint density at radius 2 is 1.96 bits per heavy atom. The van der Waals surface area contributed by atoms with Crippen LogP contribution in [0.3, 0.4) is 0 Å². The van der Waals surface area contributed by atoms with Crippen molar-refractivity contribution in [2.45, 2.75) is 31.6 Å². The molecule has 2 aromatic rings. The van der Waals surface area contributed by atoms with Gasteiger partial charge in [-0.15, -0.1) is 0 Å². The molecule has 0 aliphatic rings. The van der Waals surface area contributed by atoms with Crippen molar-refractivity contribution < 1.29 is 13.2 Å². The molecule has 0 saturated carbocycles. The standard InChI is InChI=1S/C17H22N2O3S/c1-13-10-16(22-3)17(11-14(13)2)23(20,21)19-9-5-7-15-6-4-8-18-12-15/h4,6,8,10-12,19H,5,7,9H2,1-3H3. The van der Waals surface area contributed by atoms with E-state index >= 15 is 0 Å². The number of aryl methyl sites for hydroxylation is 3. The van der Waals surface area contributed by atoms with Crippen LogP contribution in [0.2, 0.25) is 0 Å². The molecule has 5 nitrogen and oxygen atoms in total. The van der Waals surface area contributed by atoms with Crippen LogP contribution in [0.25, 0.3) is 0 Å². The predicted molar refractivity (Wildman–Crippen MR) is 90.2 cm³/mol. The van der Waals surface area contributed by atoms with Crippen molar-refractivity contribution >= 4 is 10.0 Å². The summed E-state index contributed by atoms with van der Waals surface area (Å²) in [7, 11) is -2.11. The summed E-state index contributed by atoms with van der Waals surface area (Å²) < 4.78 is 32.8. The molecule has 2 rings (SSSR count). The van der Waals surface area contributed by atoms with Gasteiger partial charge in [0.2, 0.25) is 10.0 Å². The summed E-state index contributed by atoms with van der Waals surface area (Å²) in [5.74, 6) is 0.368. The number of methoxy groups -OCH3 is 1. The first kappa shape index (κ1) is 17.4. The van der Waals surface area contributed by atoms with Gasteiger partial charge in [0.25, 0.3) is 0 Å². The summed E-state index contributed by atoms with van der Waals surface area (Å²) in [4.78, 5) is 4.23. The second kappa shape index (κ2) is 7.57. The van der Waals surface area contributed by atoms with Crippen LogP contribution in [-0.2, 0) is 16.4 Å². The molecule has 0 aliphatic heterocycles. The van der Waals surface area contributed by atoms with Gasteiger partial charge >= 0.3 is 0 Å². The number of ether oxygens (including phenoxy) is 1. The summed E-state index contributed by atoms with van der Waals surface area (Å²) in [6.07, 6.45) is 5.00. The highest BCUT2D eigenvalue weighted by molar-refractivity contribution is 7.89. The maximum absolute atomic E-state index is 12.5. The van der Waals surface area contributed by atoms with Crippen LogP contribution in [-0.4, -0.2) is 27.1 Å². The fourth-order valence-electron chi connectivity index (χ4n) is 2.26. The van der Waals surface area contributed by atoms with E-state index < -0.39 is 10.0 Å². The molecule has 23 heavy (non-hydrogen) atoms. The molecule has 124 valence electrons. The fourth-order valence-corrected chi connectivity index (χ4v) is 3.56. The Hall–Kier alpha value is -1.92. The lowest BCUT2D eigenvalue weighted by molar-refractivity contribution is 0.401. The third-order valence-electron chi connectivity index (χ3n) is 3.73. The Morgan fingerprint density at radius 1 is 1.22 bits per heavy atom. The third kappa shape index (κ3) is 4.53. The fraction of sp³-hybridized carbons (Fsp3) is 0.353. The van der Waals surface area contributed by atoms with Gasteiger partial charge in [0.05, 0.1) is 7.11 Å². The van der Waals surface area contributed by atoms with Gasteiger partial charge in [-0.05, 0) is 61.6 Å². The Kier molecular flexibility index (Phi) is 5.74. The average Bonchev–Trinajstić information content (AvgIpc) is 2.54. The molecule has 0 aliphatic carbocycles. The number of rotatable bonds is 7. The van der Waals surface area contributed by atoms with E-state index in [0.29, 0.717) is 18.7 Å². The molecule has 0 atom stereocenters. The zero-order valence-electron chi connectivity index (χ0n) is 13.7. The van der Waals surface area contributed by atoms with Crippen molar-refractivity contribution in [2.24, 2.45) is 0 Å². The van der Waals surface area contributed by atoms with Crippen LogP contribution in [0.15, 0.2) is 41.6 Å². The number of hydrogen-bond donors (Lipinski definition) is 1. The minimum atomic E-state index is -3.59. The summed E-state index contributed by atoms with van der Waals surface area (Å²) >= 11 is 0. The van der Waals surface area contributed by atoms with E-state index in [1.807, 2.05) is 26.0 Å². The van der Waals surface area contributed by atoms with E-state index in [0.717, 1.165) is 23.1 Å². The lowest BCUT2D eigenvalue weighted by Crippen LogP contribution is -2.25. The molecule has 0 spiro atoms. The summed E-state index contributed by atoms with van der Waals surface area (Å²) in [5.41, 5.74) is 3.01. The number of pyridine rings is 1. The molecular formula is C17H22N2O3S. The second-order valence-corrected chi connectivity index (χ2v) is 7.19. The van der Waals surface area contributed by atoms with Gasteiger partial charge in [-0.2, -0.15) is 0 Å². The zero-order chi connectivity index (χ0) is 16.9. The van der Waals surface area contributed by atoms with Crippen LogP contribution in [0.4, 0.5) is 0 Å². The quantitative estimate of drug-likeness (QED) is 0.790. The number of hydrogen-bond acceptors (Lipinski definition) is 4. The Labute approximate surface area is 137 Å². The number of benzene rings is 1. The van der Waals surface area contributed by atoms with E-state index in [4.69, 9.17) is 4.74 Å². The van der Waals surface area contributed by atoms with Crippen molar-refractivity contribution in [1.82, 2.24) is 9.71 Å². The van der Waals surface area contributed by atoms with Crippen molar-refractivity contribution in [3.63, 3.8) is 0 Å². The van der Waals surface area contributed by atoms with Gasteiger partial charge in [-0.25, -0.2) is 13.1 Å². The SMILES string of the molecule is COc1cc(C)c(C)cc1S(=O)(=O)NCCCc1cccnc1. The molecular weight excluding hydrogens is 312 g/mol. The van der Waals surface area contributed by atoms with E-state index in [-0.39, 0.29) is 4.90 Å². The molecule has 0 bridgehead atoms. The number of nitrogens with zero attached hydrogens (tertiary/aromatic N) is 1. The largest absolute Gasteiger partial charge is 0.495 e. The first-order valence-electron chi connectivity index (χ1n) is 7.48. The molecule has 0 unspecified atom stereocenters. The van der Waals surface area contributed by atoms with Crippen molar-refractivity contribution in [2.75, 3.05) is 13.7 Å². The number of sulfonamides is 1. The first-order valence-corrected chi connectivity index (χ1v) is 8.96. The van der Waals surface area contributed by atoms with Gasteiger partial charge in [0.15, 0.2) is 0 Å². The number of nitrogens with one attached hydrogen (secondary N) is 1. The van der Waals surface area contributed by atoms with Crippen LogP contribution in [0.5, 0.6) is 5.75 Å². The maximum atomic E-state index is 12.5. The van der Waals surface area contributed by atoms with Gasteiger partial charge in [-0.1, -0.05) is 6.07 Å². The van der Waals surface area contributed by atoms with E-state index in [1.54, 1.807) is 24.5 Å². The number of aromatic nitrogens is 1. The van der Waals surface area contributed by atoms with Gasteiger partial charge in [0, 0.05) is 18.9 Å². The summed E-state index contributed by atoms with van der Waals surface area (Å²) in [6, 6.07) is 7.25. The molecule has 1 N–H and O–H groups in total. The monoisotopic (exact) mass is 334 g/mol.